The van der Waals surface area contributed by atoms with E-state index >= 15 is 0 Å². The summed E-state index contributed by atoms with van der Waals surface area (Å²) in [4.78, 5) is 14.7. The average molecular weight is 329 g/mol. The zero-order valence-corrected chi connectivity index (χ0v) is 13.2. The van der Waals surface area contributed by atoms with Gasteiger partial charge in [0, 0.05) is 35.1 Å². The van der Waals surface area contributed by atoms with Crippen molar-refractivity contribution >= 4 is 28.5 Å². The predicted molar refractivity (Wildman–Crippen MR) is 91.7 cm³/mol. The molecule has 118 valence electrons. The first-order valence-electron chi connectivity index (χ1n) is 7.40. The summed E-state index contributed by atoms with van der Waals surface area (Å²) in [5, 5.41) is 14.3. The second-order valence-electron chi connectivity index (χ2n) is 5.43. The Morgan fingerprint density at radius 3 is 2.65 bits per heavy atom. The van der Waals surface area contributed by atoms with E-state index in [1.54, 1.807) is 6.07 Å². The fourth-order valence-corrected chi connectivity index (χ4v) is 2.84. The Labute approximate surface area is 139 Å². The summed E-state index contributed by atoms with van der Waals surface area (Å²) in [6, 6.07) is 14.6. The monoisotopic (exact) mass is 328 g/mol. The normalized spacial score (nSPS) is 12.4. The number of nitrogens with one attached hydrogen (secondary N) is 2. The van der Waals surface area contributed by atoms with Crippen LogP contribution in [0.3, 0.4) is 0 Å². The number of halogens is 1. The van der Waals surface area contributed by atoms with Gasteiger partial charge in [0.2, 0.25) is 0 Å². The van der Waals surface area contributed by atoms with Gasteiger partial charge in [0.25, 0.3) is 0 Å². The number of benzene rings is 2. The number of rotatable bonds is 6. The van der Waals surface area contributed by atoms with E-state index in [4.69, 9.17) is 11.6 Å². The van der Waals surface area contributed by atoms with Crippen molar-refractivity contribution in [3.8, 4) is 0 Å². The smallest absolute Gasteiger partial charge is 0.321 e. The van der Waals surface area contributed by atoms with Crippen molar-refractivity contribution < 1.29 is 9.90 Å². The van der Waals surface area contributed by atoms with Crippen LogP contribution in [0, 0.1) is 0 Å². The summed E-state index contributed by atoms with van der Waals surface area (Å²) >= 11 is 6.12. The molecular formula is C18H17ClN2O2. The first-order valence-corrected chi connectivity index (χ1v) is 7.77. The van der Waals surface area contributed by atoms with E-state index in [1.807, 2.05) is 48.7 Å². The van der Waals surface area contributed by atoms with Crippen LogP contribution in [0.2, 0.25) is 5.02 Å². The van der Waals surface area contributed by atoms with Gasteiger partial charge in [-0.2, -0.15) is 0 Å². The Hall–Kier alpha value is -2.30. The highest BCUT2D eigenvalue weighted by Gasteiger charge is 2.19. The lowest BCUT2D eigenvalue weighted by Crippen LogP contribution is -2.38. The molecule has 1 atom stereocenters. The molecule has 23 heavy (non-hydrogen) atoms. The van der Waals surface area contributed by atoms with Crippen LogP contribution in [0.4, 0.5) is 0 Å². The Morgan fingerprint density at radius 1 is 1.13 bits per heavy atom. The second kappa shape index (κ2) is 6.86. The molecule has 0 spiro atoms. The van der Waals surface area contributed by atoms with Gasteiger partial charge in [-0.25, -0.2) is 0 Å². The summed E-state index contributed by atoms with van der Waals surface area (Å²) in [5.41, 5.74) is 2.89. The third-order valence-electron chi connectivity index (χ3n) is 3.89. The van der Waals surface area contributed by atoms with Gasteiger partial charge in [-0.3, -0.25) is 10.1 Å². The fraction of sp³-hybridized carbons (Fsp3) is 0.167. The summed E-state index contributed by atoms with van der Waals surface area (Å²) < 4.78 is 0. The van der Waals surface area contributed by atoms with Crippen LogP contribution in [0.5, 0.6) is 0 Å². The van der Waals surface area contributed by atoms with Crippen LogP contribution in [0.15, 0.2) is 54.7 Å². The van der Waals surface area contributed by atoms with Crippen LogP contribution in [0.25, 0.3) is 10.9 Å². The molecule has 0 aliphatic heterocycles. The first-order chi connectivity index (χ1) is 11.1. The number of hydrogen-bond acceptors (Lipinski definition) is 2. The fourth-order valence-electron chi connectivity index (χ4n) is 2.64. The summed E-state index contributed by atoms with van der Waals surface area (Å²) in [6.07, 6.45) is 2.28. The quantitative estimate of drug-likeness (QED) is 0.647. The molecule has 0 saturated heterocycles. The number of carboxylic acid groups (broad SMARTS) is 1. The number of para-hydroxylation sites is 1. The zero-order valence-electron chi connectivity index (χ0n) is 12.4. The molecule has 0 saturated carbocycles. The highest BCUT2D eigenvalue weighted by atomic mass is 35.5. The van der Waals surface area contributed by atoms with E-state index in [9.17, 15) is 9.90 Å². The molecule has 0 aliphatic carbocycles. The minimum atomic E-state index is -0.873. The van der Waals surface area contributed by atoms with Gasteiger partial charge in [0.1, 0.15) is 6.04 Å². The predicted octanol–water partition coefficient (Wildman–Crippen LogP) is 3.61. The highest BCUT2D eigenvalue weighted by Crippen LogP contribution is 2.20. The molecule has 2 aromatic carbocycles. The second-order valence-corrected chi connectivity index (χ2v) is 5.83. The molecule has 0 radical (unpaired) electrons. The van der Waals surface area contributed by atoms with Crippen molar-refractivity contribution in [1.82, 2.24) is 10.3 Å². The average Bonchev–Trinajstić information content (AvgIpc) is 2.95. The van der Waals surface area contributed by atoms with Crippen LogP contribution < -0.4 is 5.32 Å². The molecule has 5 heteroatoms. The van der Waals surface area contributed by atoms with Gasteiger partial charge in [0.15, 0.2) is 0 Å². The minimum absolute atomic E-state index is 0.407. The number of H-pyrrole nitrogens is 1. The van der Waals surface area contributed by atoms with Crippen LogP contribution in [-0.4, -0.2) is 22.1 Å². The van der Waals surface area contributed by atoms with Crippen molar-refractivity contribution in [2.45, 2.75) is 19.0 Å². The Kier molecular flexibility index (Phi) is 4.65. The van der Waals surface area contributed by atoms with E-state index in [-0.39, 0.29) is 0 Å². The molecule has 0 aliphatic rings. The number of hydrogen-bond donors (Lipinski definition) is 3. The maximum Gasteiger partial charge on any atom is 0.321 e. The van der Waals surface area contributed by atoms with E-state index in [0.717, 1.165) is 22.0 Å². The largest absolute Gasteiger partial charge is 0.480 e. The number of fused-ring (bicyclic) bond motifs is 1. The molecule has 0 bridgehead atoms. The van der Waals surface area contributed by atoms with Crippen LogP contribution in [0.1, 0.15) is 11.1 Å². The standard InChI is InChI=1S/C18H17ClN2O2/c19-15-7-3-1-5-12(15)10-21-17(18(22)23)9-13-11-20-16-8-4-2-6-14(13)16/h1-8,11,17,20-21H,9-10H2,(H,22,23)/t17-/m1/s1. The molecule has 1 aromatic heterocycles. The van der Waals surface area contributed by atoms with Crippen LogP contribution in [-0.2, 0) is 17.8 Å². The van der Waals surface area contributed by atoms with E-state index < -0.39 is 12.0 Å². The lowest BCUT2D eigenvalue weighted by molar-refractivity contribution is -0.139. The Balaban J connectivity index is 1.75. The lowest BCUT2D eigenvalue weighted by atomic mass is 10.0. The third kappa shape index (κ3) is 3.55. The van der Waals surface area contributed by atoms with Crippen molar-refractivity contribution in [3.63, 3.8) is 0 Å². The maximum atomic E-state index is 11.6. The molecule has 4 nitrogen and oxygen atoms in total. The Bertz CT molecular complexity index is 829. The number of aromatic amines is 1. The molecule has 1 heterocycles. The molecule has 0 unspecified atom stereocenters. The lowest BCUT2D eigenvalue weighted by Gasteiger charge is -2.15. The van der Waals surface area contributed by atoms with Crippen molar-refractivity contribution in [2.24, 2.45) is 0 Å². The molecular weight excluding hydrogens is 312 g/mol. The summed E-state index contributed by atoms with van der Waals surface area (Å²) in [6.45, 7) is 0.416. The van der Waals surface area contributed by atoms with Crippen molar-refractivity contribution in [2.75, 3.05) is 0 Å². The Morgan fingerprint density at radius 2 is 1.87 bits per heavy atom. The van der Waals surface area contributed by atoms with Gasteiger partial charge < -0.3 is 10.1 Å². The zero-order chi connectivity index (χ0) is 16.2. The van der Waals surface area contributed by atoms with Crippen LogP contribution >= 0.6 is 11.6 Å². The first kappa shape index (κ1) is 15.6. The number of carbonyl (C=O) groups is 1. The summed E-state index contributed by atoms with van der Waals surface area (Å²) in [5.74, 6) is -0.873. The molecule has 0 amide bonds. The number of aliphatic carboxylic acids is 1. The van der Waals surface area contributed by atoms with E-state index in [0.29, 0.717) is 18.0 Å². The van der Waals surface area contributed by atoms with Crippen molar-refractivity contribution in [1.29, 1.82) is 0 Å². The van der Waals surface area contributed by atoms with Gasteiger partial charge >= 0.3 is 5.97 Å². The molecule has 3 N–H and O–H groups in total. The minimum Gasteiger partial charge on any atom is -0.480 e. The maximum absolute atomic E-state index is 11.6. The van der Waals surface area contributed by atoms with Crippen molar-refractivity contribution in [3.05, 3.63) is 70.9 Å². The SMILES string of the molecule is O=C(O)[C@@H](Cc1c[nH]c2ccccc12)NCc1ccccc1Cl. The molecule has 3 rings (SSSR count). The van der Waals surface area contributed by atoms with E-state index in [1.165, 1.54) is 0 Å². The van der Waals surface area contributed by atoms with Gasteiger partial charge in [-0.1, -0.05) is 48.0 Å². The number of aromatic nitrogens is 1. The molecule has 0 fully saturated rings. The van der Waals surface area contributed by atoms with Gasteiger partial charge in [0.05, 0.1) is 0 Å². The third-order valence-corrected chi connectivity index (χ3v) is 4.26. The highest BCUT2D eigenvalue weighted by molar-refractivity contribution is 6.31. The van der Waals surface area contributed by atoms with E-state index in [2.05, 4.69) is 10.3 Å². The molecule has 3 aromatic rings. The topological polar surface area (TPSA) is 65.1 Å². The summed E-state index contributed by atoms with van der Waals surface area (Å²) in [7, 11) is 0. The van der Waals surface area contributed by atoms with Gasteiger partial charge in [-0.05, 0) is 23.3 Å². The number of carboxylic acids is 1. The van der Waals surface area contributed by atoms with Gasteiger partial charge in [-0.15, -0.1) is 0 Å².